The molecule has 49 heavy (non-hydrogen) atoms. The standard InChI is InChI=1S/C43H52Cl2O4/c1-6-13-46-40-32-11-10-12-33(40)24-37-20-31(28-45)22-39(43(37)49-16-9-4)26-35-18-29(5)17-34(41(35)47-14-7-2)25-38-21-30(27-44)19-36(23-32)42(38)48-15-8-3/h10-12,17-22H,6-9,13-16,23-28H2,1-5H3. The van der Waals surface area contributed by atoms with Gasteiger partial charge in [-0.05, 0) is 88.2 Å². The number of benzene rings is 4. The third-order valence-electron chi connectivity index (χ3n) is 8.80. The molecule has 8 bridgehead atoms. The summed E-state index contributed by atoms with van der Waals surface area (Å²) in [6.07, 6.45) is 6.32. The van der Waals surface area contributed by atoms with Gasteiger partial charge in [-0.15, -0.1) is 23.2 Å². The molecule has 0 fully saturated rings. The van der Waals surface area contributed by atoms with E-state index in [1.807, 2.05) is 0 Å². The Kier molecular flexibility index (Phi) is 13.6. The maximum atomic E-state index is 6.65. The fraction of sp³-hybridized carbons (Fsp3) is 0.442. The molecule has 0 aliphatic heterocycles. The van der Waals surface area contributed by atoms with Crippen LogP contribution < -0.4 is 18.9 Å². The summed E-state index contributed by atoms with van der Waals surface area (Å²) in [6.45, 7) is 13.3. The first-order valence-electron chi connectivity index (χ1n) is 18.1. The van der Waals surface area contributed by atoms with Crippen molar-refractivity contribution in [3.8, 4) is 23.0 Å². The molecule has 4 aromatic carbocycles. The van der Waals surface area contributed by atoms with Gasteiger partial charge < -0.3 is 18.9 Å². The van der Waals surface area contributed by atoms with Crippen molar-refractivity contribution in [2.75, 3.05) is 26.4 Å². The predicted molar refractivity (Wildman–Crippen MR) is 204 cm³/mol. The average Bonchev–Trinajstić information content (AvgIpc) is 3.09. The van der Waals surface area contributed by atoms with E-state index in [0.717, 1.165) is 104 Å². The summed E-state index contributed by atoms with van der Waals surface area (Å²) in [4.78, 5) is 0. The highest BCUT2D eigenvalue weighted by Crippen LogP contribution is 2.40. The summed E-state index contributed by atoms with van der Waals surface area (Å²) in [7, 11) is 0. The van der Waals surface area contributed by atoms with E-state index in [0.29, 0.717) is 63.9 Å². The number of aryl methyl sites for hydroxylation is 1. The molecular weight excluding hydrogens is 651 g/mol. The van der Waals surface area contributed by atoms with Gasteiger partial charge in [0.2, 0.25) is 0 Å². The Bertz CT molecular complexity index is 1600. The maximum absolute atomic E-state index is 6.65. The van der Waals surface area contributed by atoms with Crippen molar-refractivity contribution in [3.63, 3.8) is 0 Å². The summed E-state index contributed by atoms with van der Waals surface area (Å²) in [5.74, 6) is 4.59. The predicted octanol–water partition coefficient (Wildman–Crippen LogP) is 11.3. The van der Waals surface area contributed by atoms with Crippen molar-refractivity contribution in [3.05, 3.63) is 116 Å². The van der Waals surface area contributed by atoms with Gasteiger partial charge in [-0.2, -0.15) is 0 Å². The molecule has 262 valence electrons. The first-order chi connectivity index (χ1) is 23.9. The van der Waals surface area contributed by atoms with Gasteiger partial charge in [0.15, 0.2) is 0 Å². The van der Waals surface area contributed by atoms with Crippen LogP contribution in [0.4, 0.5) is 0 Å². The zero-order valence-electron chi connectivity index (χ0n) is 30.0. The molecule has 0 N–H and O–H groups in total. The summed E-state index contributed by atoms with van der Waals surface area (Å²) in [5, 5.41) is 0. The van der Waals surface area contributed by atoms with E-state index in [2.05, 4.69) is 89.2 Å². The van der Waals surface area contributed by atoms with Crippen LogP contribution in [0.25, 0.3) is 0 Å². The molecule has 0 unspecified atom stereocenters. The smallest absolute Gasteiger partial charge is 0.126 e. The first kappa shape index (κ1) is 36.9. The topological polar surface area (TPSA) is 36.9 Å². The molecule has 1 aliphatic rings. The lowest BCUT2D eigenvalue weighted by Gasteiger charge is -2.24. The molecule has 0 heterocycles. The van der Waals surface area contributed by atoms with E-state index in [-0.39, 0.29) is 0 Å². The molecule has 0 amide bonds. The highest BCUT2D eigenvalue weighted by molar-refractivity contribution is 6.17. The van der Waals surface area contributed by atoms with Crippen LogP contribution in [0.15, 0.2) is 54.6 Å². The van der Waals surface area contributed by atoms with Crippen LogP contribution in [0.2, 0.25) is 0 Å². The highest BCUT2D eigenvalue weighted by atomic mass is 35.5. The number of hydrogen-bond acceptors (Lipinski definition) is 4. The molecule has 1 aliphatic carbocycles. The monoisotopic (exact) mass is 702 g/mol. The number of hydrogen-bond donors (Lipinski definition) is 0. The second-order valence-corrected chi connectivity index (χ2v) is 13.7. The van der Waals surface area contributed by atoms with Crippen molar-refractivity contribution < 1.29 is 18.9 Å². The molecule has 5 rings (SSSR count). The van der Waals surface area contributed by atoms with E-state index in [4.69, 9.17) is 42.1 Å². The lowest BCUT2D eigenvalue weighted by Crippen LogP contribution is -2.11. The summed E-state index contributed by atoms with van der Waals surface area (Å²) in [6, 6.07) is 19.9. The zero-order valence-corrected chi connectivity index (χ0v) is 31.5. The molecule has 4 aromatic rings. The SMILES string of the molecule is CCCOc1c2cccc1Cc1cc(CCl)cc(c1OCCC)Cc1cc(C)cc(c1OCCC)Cc1cc(CCl)cc(c1OCCC)C2. The van der Waals surface area contributed by atoms with Gasteiger partial charge in [0.05, 0.1) is 26.4 Å². The average molecular weight is 704 g/mol. The third-order valence-corrected chi connectivity index (χ3v) is 9.42. The fourth-order valence-electron chi connectivity index (χ4n) is 6.82. The van der Waals surface area contributed by atoms with Crippen LogP contribution in [0, 0.1) is 6.92 Å². The zero-order chi connectivity index (χ0) is 34.8. The summed E-state index contributed by atoms with van der Waals surface area (Å²) in [5.41, 5.74) is 12.4. The second kappa shape index (κ2) is 18.1. The minimum atomic E-state index is 0.420. The van der Waals surface area contributed by atoms with Crippen LogP contribution in [-0.2, 0) is 37.4 Å². The number of fused-ring (bicyclic) bond motifs is 8. The van der Waals surface area contributed by atoms with Gasteiger partial charge in [-0.1, -0.05) is 87.9 Å². The van der Waals surface area contributed by atoms with Gasteiger partial charge in [-0.3, -0.25) is 0 Å². The van der Waals surface area contributed by atoms with Gasteiger partial charge >= 0.3 is 0 Å². The maximum Gasteiger partial charge on any atom is 0.126 e. The number of ether oxygens (including phenoxy) is 4. The Morgan fingerprint density at radius 2 is 0.735 bits per heavy atom. The Morgan fingerprint density at radius 3 is 1.04 bits per heavy atom. The Balaban J connectivity index is 1.84. The molecule has 0 aromatic heterocycles. The molecule has 6 heteroatoms. The fourth-order valence-corrected chi connectivity index (χ4v) is 7.13. The molecular formula is C43H52Cl2O4. The lowest BCUT2D eigenvalue weighted by atomic mass is 9.89. The minimum Gasteiger partial charge on any atom is -0.493 e. The van der Waals surface area contributed by atoms with Gasteiger partial charge in [0.1, 0.15) is 23.0 Å². The lowest BCUT2D eigenvalue weighted by molar-refractivity contribution is 0.304. The number of halogens is 2. The van der Waals surface area contributed by atoms with Crippen LogP contribution in [0.5, 0.6) is 23.0 Å². The summed E-state index contributed by atoms with van der Waals surface area (Å²) < 4.78 is 26.5. The largest absolute Gasteiger partial charge is 0.493 e. The molecule has 0 atom stereocenters. The van der Waals surface area contributed by atoms with E-state index < -0.39 is 0 Å². The Labute approximate surface area is 304 Å². The Hall–Kier alpha value is -3.34. The van der Waals surface area contributed by atoms with Crippen LogP contribution >= 0.6 is 23.2 Å². The third kappa shape index (κ3) is 9.07. The minimum absolute atomic E-state index is 0.420. The van der Waals surface area contributed by atoms with Gasteiger partial charge in [0, 0.05) is 37.4 Å². The van der Waals surface area contributed by atoms with Crippen molar-refractivity contribution in [2.45, 2.75) is 97.7 Å². The van der Waals surface area contributed by atoms with Crippen LogP contribution in [0.1, 0.15) is 115 Å². The number of alkyl halides is 2. The molecule has 0 radical (unpaired) electrons. The van der Waals surface area contributed by atoms with E-state index in [9.17, 15) is 0 Å². The van der Waals surface area contributed by atoms with E-state index >= 15 is 0 Å². The molecule has 0 saturated heterocycles. The van der Waals surface area contributed by atoms with Crippen molar-refractivity contribution in [1.29, 1.82) is 0 Å². The van der Waals surface area contributed by atoms with Gasteiger partial charge in [-0.25, -0.2) is 0 Å². The quantitative estimate of drug-likeness (QED) is 0.108. The van der Waals surface area contributed by atoms with Crippen molar-refractivity contribution >= 4 is 23.2 Å². The highest BCUT2D eigenvalue weighted by Gasteiger charge is 2.23. The van der Waals surface area contributed by atoms with Crippen molar-refractivity contribution in [1.82, 2.24) is 0 Å². The number of para-hydroxylation sites is 1. The van der Waals surface area contributed by atoms with Crippen molar-refractivity contribution in [2.24, 2.45) is 0 Å². The van der Waals surface area contributed by atoms with E-state index in [1.165, 1.54) is 5.56 Å². The normalized spacial score (nSPS) is 12.5. The van der Waals surface area contributed by atoms with Crippen LogP contribution in [0.3, 0.4) is 0 Å². The summed E-state index contributed by atoms with van der Waals surface area (Å²) >= 11 is 13.2. The molecule has 0 spiro atoms. The Morgan fingerprint density at radius 1 is 0.449 bits per heavy atom. The number of rotatable bonds is 14. The molecule has 0 saturated carbocycles. The second-order valence-electron chi connectivity index (χ2n) is 13.2. The van der Waals surface area contributed by atoms with Crippen LogP contribution in [-0.4, -0.2) is 26.4 Å². The first-order valence-corrected chi connectivity index (χ1v) is 19.1. The molecule has 4 nitrogen and oxygen atoms in total. The van der Waals surface area contributed by atoms with Gasteiger partial charge in [0.25, 0.3) is 0 Å². The van der Waals surface area contributed by atoms with E-state index in [1.54, 1.807) is 0 Å².